The number of likely N-dealkylation sites (tertiary alicyclic amines) is 1. The van der Waals surface area contributed by atoms with Crippen molar-refractivity contribution in [3.8, 4) is 5.75 Å². The zero-order valence-electron chi connectivity index (χ0n) is 19.5. The molecule has 1 saturated heterocycles. The van der Waals surface area contributed by atoms with Crippen LogP contribution < -0.4 is 15.4 Å². The van der Waals surface area contributed by atoms with Gasteiger partial charge in [0.15, 0.2) is 0 Å². The second-order valence-electron chi connectivity index (χ2n) is 8.45. The van der Waals surface area contributed by atoms with Crippen molar-refractivity contribution >= 4 is 38.6 Å². The Kier molecular flexibility index (Phi) is 10.1. The Morgan fingerprint density at radius 2 is 1.88 bits per heavy atom. The van der Waals surface area contributed by atoms with Crippen molar-refractivity contribution in [2.45, 2.75) is 45.7 Å². The van der Waals surface area contributed by atoms with Crippen LogP contribution in [0.15, 0.2) is 24.3 Å². The van der Waals surface area contributed by atoms with Crippen molar-refractivity contribution in [1.82, 2.24) is 10.2 Å². The summed E-state index contributed by atoms with van der Waals surface area (Å²) in [6, 6.07) is 7.41. The number of amides is 3. The van der Waals surface area contributed by atoms with E-state index >= 15 is 0 Å². The second-order valence-corrected chi connectivity index (χ2v) is 9.25. The summed E-state index contributed by atoms with van der Waals surface area (Å²) in [6.07, 6.45) is 0.892. The number of nitrogens with zero attached hydrogens (tertiary/aromatic N) is 1. The number of carbonyl (C=O) groups excluding carboxylic acids is 4. The molecule has 2 unspecified atom stereocenters. The van der Waals surface area contributed by atoms with Crippen molar-refractivity contribution in [3.63, 3.8) is 0 Å². The van der Waals surface area contributed by atoms with Crippen LogP contribution in [0.2, 0.25) is 0 Å². The lowest BCUT2D eigenvalue weighted by molar-refractivity contribution is -0.153. The topological polar surface area (TPSA) is 114 Å². The lowest BCUT2D eigenvalue weighted by Crippen LogP contribution is -2.36. The van der Waals surface area contributed by atoms with E-state index in [0.717, 1.165) is 10.6 Å². The van der Waals surface area contributed by atoms with Gasteiger partial charge in [0, 0.05) is 31.6 Å². The zero-order chi connectivity index (χ0) is 24.4. The van der Waals surface area contributed by atoms with Gasteiger partial charge in [-0.3, -0.25) is 24.1 Å². The third-order valence-electron chi connectivity index (χ3n) is 5.30. The lowest BCUT2D eigenvalue weighted by atomic mass is 9.89. The van der Waals surface area contributed by atoms with E-state index in [1.807, 2.05) is 38.1 Å². The number of hydrogen-bond acceptors (Lipinski definition) is 7. The number of imide groups is 1. The molecule has 0 radical (unpaired) electrons. The number of anilines is 1. The molecule has 2 atom stereocenters. The van der Waals surface area contributed by atoms with Gasteiger partial charge in [0.05, 0.1) is 24.2 Å². The molecule has 0 bridgehead atoms. The van der Waals surface area contributed by atoms with E-state index in [2.05, 4.69) is 19.9 Å². The molecule has 1 aromatic rings. The third kappa shape index (κ3) is 8.31. The number of carbonyl (C=O) groups is 4. The van der Waals surface area contributed by atoms with Gasteiger partial charge in [0.1, 0.15) is 12.4 Å². The SMILES string of the molecule is CCOC(=O)C(C)(C)CCNc1ccc(OCCNC(=O)CCN2C(=O)CC(P)C2=O)cc1. The fourth-order valence-corrected chi connectivity index (χ4v) is 3.60. The molecule has 1 aromatic carbocycles. The Morgan fingerprint density at radius 1 is 1.18 bits per heavy atom. The standard InChI is InChI=1S/C23H34N3O6P/c1-4-31-22(30)23(2,3)10-11-24-16-5-7-17(8-6-16)32-14-12-25-19(27)9-13-26-20(28)15-18(33)21(26)29/h5-8,18,24H,4,9-15,33H2,1-3H3,(H,25,27). The van der Waals surface area contributed by atoms with Crippen LogP contribution in [-0.2, 0) is 23.9 Å². The molecule has 9 nitrogen and oxygen atoms in total. The normalized spacial score (nSPS) is 16.0. The summed E-state index contributed by atoms with van der Waals surface area (Å²) in [5.74, 6) is -0.258. The van der Waals surface area contributed by atoms with Crippen LogP contribution >= 0.6 is 9.24 Å². The van der Waals surface area contributed by atoms with Crippen molar-refractivity contribution in [3.05, 3.63) is 24.3 Å². The molecule has 3 amide bonds. The quantitative estimate of drug-likeness (QED) is 0.192. The van der Waals surface area contributed by atoms with E-state index in [1.54, 1.807) is 6.92 Å². The highest BCUT2D eigenvalue weighted by Crippen LogP contribution is 2.23. The second kappa shape index (κ2) is 12.5. The smallest absolute Gasteiger partial charge is 0.311 e. The Labute approximate surface area is 197 Å². The number of ether oxygens (including phenoxy) is 2. The summed E-state index contributed by atoms with van der Waals surface area (Å²) in [6.45, 7) is 7.25. The molecular formula is C23H34N3O6P. The van der Waals surface area contributed by atoms with E-state index in [0.29, 0.717) is 38.5 Å². The third-order valence-corrected chi connectivity index (χ3v) is 5.82. The Morgan fingerprint density at radius 3 is 2.48 bits per heavy atom. The number of hydrogen-bond donors (Lipinski definition) is 2. The van der Waals surface area contributed by atoms with Crippen LogP contribution in [0, 0.1) is 5.41 Å². The van der Waals surface area contributed by atoms with E-state index in [4.69, 9.17) is 9.47 Å². The summed E-state index contributed by atoms with van der Waals surface area (Å²) in [4.78, 5) is 48.6. The van der Waals surface area contributed by atoms with Gasteiger partial charge < -0.3 is 20.1 Å². The highest BCUT2D eigenvalue weighted by Gasteiger charge is 2.35. The predicted molar refractivity (Wildman–Crippen MR) is 128 cm³/mol. The fraction of sp³-hybridized carbons (Fsp3) is 0.565. The van der Waals surface area contributed by atoms with E-state index < -0.39 is 5.41 Å². The van der Waals surface area contributed by atoms with Crippen LogP contribution in [0.5, 0.6) is 5.75 Å². The molecule has 1 fully saturated rings. The maximum Gasteiger partial charge on any atom is 0.311 e. The minimum atomic E-state index is -0.548. The van der Waals surface area contributed by atoms with Gasteiger partial charge in [-0.05, 0) is 51.5 Å². The van der Waals surface area contributed by atoms with Gasteiger partial charge in [-0.15, -0.1) is 9.24 Å². The average Bonchev–Trinajstić information content (AvgIpc) is 3.01. The Balaban J connectivity index is 1.62. The summed E-state index contributed by atoms with van der Waals surface area (Å²) in [5.41, 5.74) is -0.0194. The first-order valence-corrected chi connectivity index (χ1v) is 11.8. The van der Waals surface area contributed by atoms with Crippen LogP contribution in [-0.4, -0.2) is 67.1 Å². The van der Waals surface area contributed by atoms with Crippen LogP contribution in [0.3, 0.4) is 0 Å². The summed E-state index contributed by atoms with van der Waals surface area (Å²) < 4.78 is 10.7. The van der Waals surface area contributed by atoms with Crippen molar-refractivity contribution < 1.29 is 28.7 Å². The van der Waals surface area contributed by atoms with Gasteiger partial charge in [0.2, 0.25) is 17.7 Å². The molecule has 1 aliphatic rings. The number of rotatable bonds is 13. The highest BCUT2D eigenvalue weighted by molar-refractivity contribution is 7.19. The number of benzene rings is 1. The summed E-state index contributed by atoms with van der Waals surface area (Å²) in [7, 11) is 2.35. The fourth-order valence-electron chi connectivity index (χ4n) is 3.22. The van der Waals surface area contributed by atoms with E-state index in [-0.39, 0.29) is 48.7 Å². The van der Waals surface area contributed by atoms with Gasteiger partial charge in [-0.2, -0.15) is 0 Å². The number of nitrogens with one attached hydrogen (secondary N) is 2. The molecule has 2 N–H and O–H groups in total. The first-order chi connectivity index (χ1) is 15.6. The average molecular weight is 480 g/mol. The predicted octanol–water partition coefficient (Wildman–Crippen LogP) is 1.97. The van der Waals surface area contributed by atoms with E-state index in [9.17, 15) is 19.2 Å². The minimum Gasteiger partial charge on any atom is -0.492 e. The molecule has 1 aliphatic heterocycles. The Bertz CT molecular complexity index is 843. The largest absolute Gasteiger partial charge is 0.492 e. The Hall–Kier alpha value is -2.67. The molecule has 0 aliphatic carbocycles. The van der Waals surface area contributed by atoms with Gasteiger partial charge in [0.25, 0.3) is 0 Å². The summed E-state index contributed by atoms with van der Waals surface area (Å²) >= 11 is 0. The lowest BCUT2D eigenvalue weighted by Gasteiger charge is -2.22. The van der Waals surface area contributed by atoms with Crippen molar-refractivity contribution in [2.75, 3.05) is 38.2 Å². The van der Waals surface area contributed by atoms with Crippen LogP contribution in [0.4, 0.5) is 5.69 Å². The molecule has 1 heterocycles. The molecule has 10 heteroatoms. The maximum atomic E-state index is 11.9. The van der Waals surface area contributed by atoms with E-state index in [1.165, 1.54) is 0 Å². The zero-order valence-corrected chi connectivity index (χ0v) is 20.7. The highest BCUT2D eigenvalue weighted by atomic mass is 31.0. The number of esters is 1. The van der Waals surface area contributed by atoms with Gasteiger partial charge in [-0.1, -0.05) is 0 Å². The maximum absolute atomic E-state index is 11.9. The first-order valence-electron chi connectivity index (χ1n) is 11.1. The van der Waals surface area contributed by atoms with Crippen molar-refractivity contribution in [1.29, 1.82) is 0 Å². The monoisotopic (exact) mass is 479 g/mol. The molecular weight excluding hydrogens is 445 g/mol. The van der Waals surface area contributed by atoms with Crippen molar-refractivity contribution in [2.24, 2.45) is 5.41 Å². The molecule has 0 aromatic heterocycles. The molecule has 0 spiro atoms. The first kappa shape index (κ1) is 26.6. The van der Waals surface area contributed by atoms with Crippen LogP contribution in [0.1, 0.15) is 40.0 Å². The molecule has 182 valence electrons. The molecule has 33 heavy (non-hydrogen) atoms. The van der Waals surface area contributed by atoms with Gasteiger partial charge >= 0.3 is 5.97 Å². The summed E-state index contributed by atoms with van der Waals surface area (Å²) in [5, 5.41) is 6.00. The van der Waals surface area contributed by atoms with Gasteiger partial charge in [-0.25, -0.2) is 0 Å². The molecule has 2 rings (SSSR count). The molecule has 0 saturated carbocycles. The minimum absolute atomic E-state index is 0.0716. The van der Waals surface area contributed by atoms with Crippen LogP contribution in [0.25, 0.3) is 0 Å².